The molecule has 0 aliphatic rings. The first-order chi connectivity index (χ1) is 2.00. The predicted octanol–water partition coefficient (Wildman–Crippen LogP) is -5.82. The molecule has 0 fully saturated rings. The third kappa shape index (κ3) is 129. The number of hydrogen-bond donors (Lipinski definition) is 0. The quantitative estimate of drug-likeness (QED) is 0.225. The van der Waals surface area contributed by atoms with E-state index in [2.05, 4.69) is 0 Å². The Kier molecular flexibility index (Phi) is 4.62. The second-order valence-corrected chi connectivity index (χ2v) is 1.34. The molecule has 0 heterocycles. The van der Waals surface area contributed by atoms with Crippen LogP contribution in [0, 0.1) is 0 Å². The van der Waals surface area contributed by atoms with E-state index in [0.29, 0.717) is 0 Å². The van der Waals surface area contributed by atoms with Crippen LogP contribution in [0.2, 0.25) is 0 Å². The second kappa shape index (κ2) is 2.81. The summed E-state index contributed by atoms with van der Waals surface area (Å²) < 4.78 is 8.55. The van der Waals surface area contributed by atoms with Crippen LogP contribution in [0.4, 0.5) is 0 Å². The van der Waals surface area contributed by atoms with E-state index < -0.39 is 7.82 Å². The van der Waals surface area contributed by atoms with E-state index in [9.17, 15) is 0 Å². The van der Waals surface area contributed by atoms with Gasteiger partial charge in [0.15, 0.2) is 0 Å². The zero-order valence-corrected chi connectivity index (χ0v) is 3.97. The van der Waals surface area contributed by atoms with Gasteiger partial charge in [-0.3, -0.25) is 0 Å². The monoisotopic (exact) mass is 102 g/mol. The van der Waals surface area contributed by atoms with Gasteiger partial charge in [-0.05, 0) is 0 Å². The van der Waals surface area contributed by atoms with Gasteiger partial charge in [0.2, 0.25) is 0 Å². The zero-order valence-electron chi connectivity index (χ0n) is 3.08. The first kappa shape index (κ1) is 9.86. The fourth-order valence-electron chi connectivity index (χ4n) is 0. The van der Waals surface area contributed by atoms with Crippen molar-refractivity contribution in [1.29, 1.82) is 0 Å². The molecule has 0 amide bonds. The molecule has 0 aromatic carbocycles. The van der Waals surface area contributed by atoms with Gasteiger partial charge in [-0.2, -0.15) is 7.82 Å². The Morgan fingerprint density at radius 1 is 1.17 bits per heavy atom. The van der Waals surface area contributed by atoms with E-state index >= 15 is 0 Å². The van der Waals surface area contributed by atoms with Crippen molar-refractivity contribution in [2.24, 2.45) is 0 Å². The molecule has 0 aliphatic carbocycles. The standard InChI is InChI=1S/Li.H3O4P/c;1-5(2,3)4/h;(H3,1,2,3,4)/q+1;/p-3. The van der Waals surface area contributed by atoms with Crippen LogP contribution in [0.1, 0.15) is 0 Å². The minimum Gasteiger partial charge on any atom is -0.822 e. The molecule has 0 bridgehead atoms. The summed E-state index contributed by atoms with van der Waals surface area (Å²) in [6.07, 6.45) is 0. The summed E-state index contributed by atoms with van der Waals surface area (Å²) in [6, 6.07) is 0. The third-order valence-corrected chi connectivity index (χ3v) is 0. The van der Waals surface area contributed by atoms with Gasteiger partial charge in [-0.25, -0.2) is 0 Å². The van der Waals surface area contributed by atoms with Crippen LogP contribution in [-0.4, -0.2) is 0 Å². The minimum atomic E-state index is -5.39. The summed E-state index contributed by atoms with van der Waals surface area (Å²) in [7, 11) is -5.39. The van der Waals surface area contributed by atoms with Crippen LogP contribution < -0.4 is 33.5 Å². The molecule has 6 heavy (non-hydrogen) atoms. The summed E-state index contributed by atoms with van der Waals surface area (Å²) in [6.45, 7) is 0. The van der Waals surface area contributed by atoms with Crippen molar-refractivity contribution in [2.75, 3.05) is 0 Å². The molecule has 0 atom stereocenters. The molecule has 0 rings (SSSR count). The summed E-state index contributed by atoms with van der Waals surface area (Å²) in [5.41, 5.74) is 0. The second-order valence-electron chi connectivity index (χ2n) is 0.447. The Morgan fingerprint density at radius 3 is 1.17 bits per heavy atom. The molecule has 0 radical (unpaired) electrons. The van der Waals surface area contributed by atoms with Crippen LogP contribution >= 0.6 is 7.82 Å². The summed E-state index contributed by atoms with van der Waals surface area (Å²) in [5, 5.41) is 0. The molecule has 0 unspecified atom stereocenters. The normalized spacial score (nSPS) is 9.83. The van der Waals surface area contributed by atoms with Crippen molar-refractivity contribution in [1.82, 2.24) is 0 Å². The number of rotatable bonds is 0. The van der Waals surface area contributed by atoms with Crippen molar-refractivity contribution in [3.63, 3.8) is 0 Å². The van der Waals surface area contributed by atoms with E-state index in [-0.39, 0.29) is 18.9 Å². The number of hydrogen-bond acceptors (Lipinski definition) is 4. The van der Waals surface area contributed by atoms with Crippen LogP contribution in [0.15, 0.2) is 0 Å². The van der Waals surface area contributed by atoms with Crippen LogP contribution in [0.3, 0.4) is 0 Å². The maximum absolute atomic E-state index is 8.55. The summed E-state index contributed by atoms with van der Waals surface area (Å²) >= 11 is 0. The molecular weight excluding hydrogens is 102 g/mol. The Balaban J connectivity index is 0. The Bertz CT molecular complexity index is 53.7. The van der Waals surface area contributed by atoms with Crippen LogP contribution in [0.5, 0.6) is 0 Å². The van der Waals surface area contributed by atoms with Gasteiger partial charge < -0.3 is 19.2 Å². The van der Waals surface area contributed by atoms with Crippen molar-refractivity contribution in [3.05, 3.63) is 0 Å². The third-order valence-electron chi connectivity index (χ3n) is 0. The molecule has 0 saturated carbocycles. The maximum Gasteiger partial charge on any atom is 1.00 e. The fourth-order valence-corrected chi connectivity index (χ4v) is 0. The van der Waals surface area contributed by atoms with Gasteiger partial charge in [0.1, 0.15) is 0 Å². The predicted molar refractivity (Wildman–Crippen MR) is 7.61 cm³/mol. The van der Waals surface area contributed by atoms with E-state index in [1.54, 1.807) is 0 Å². The van der Waals surface area contributed by atoms with Crippen LogP contribution in [0.25, 0.3) is 0 Å². The molecule has 0 aliphatic heterocycles. The molecule has 0 aromatic rings. The zero-order chi connectivity index (χ0) is 4.50. The Hall–Kier alpha value is 0.707. The fraction of sp³-hybridized carbons (Fsp3) is 0. The topological polar surface area (TPSA) is 86.2 Å². The molecule has 0 spiro atoms. The average Bonchev–Trinajstić information content (AvgIpc) is 0.722. The van der Waals surface area contributed by atoms with Crippen molar-refractivity contribution in [3.8, 4) is 0 Å². The van der Waals surface area contributed by atoms with Gasteiger partial charge in [0, 0.05) is 0 Å². The van der Waals surface area contributed by atoms with E-state index in [1.165, 1.54) is 0 Å². The molecule has 6 heteroatoms. The van der Waals surface area contributed by atoms with Gasteiger partial charge in [-0.1, -0.05) is 0 Å². The van der Waals surface area contributed by atoms with E-state index in [4.69, 9.17) is 19.2 Å². The summed E-state index contributed by atoms with van der Waals surface area (Å²) in [5.74, 6) is 0. The molecule has 0 N–H and O–H groups in total. The first-order valence-electron chi connectivity index (χ1n) is 0.730. The largest absolute Gasteiger partial charge is 1.00 e. The van der Waals surface area contributed by atoms with Crippen molar-refractivity contribution < 1.29 is 38.1 Å². The first-order valence-corrected chi connectivity index (χ1v) is 2.19. The molecule has 32 valence electrons. The number of phosphoric acid groups is 1. The van der Waals surface area contributed by atoms with Crippen LogP contribution in [-0.2, 0) is 4.57 Å². The van der Waals surface area contributed by atoms with Gasteiger partial charge in [0.05, 0.1) is 0 Å². The van der Waals surface area contributed by atoms with E-state index in [1.807, 2.05) is 0 Å². The molecular formula is LiO4P-2. The van der Waals surface area contributed by atoms with Crippen molar-refractivity contribution >= 4 is 7.82 Å². The smallest absolute Gasteiger partial charge is 0.822 e. The van der Waals surface area contributed by atoms with Gasteiger partial charge in [0.25, 0.3) is 0 Å². The molecule has 4 nitrogen and oxygen atoms in total. The Labute approximate surface area is 46.6 Å². The SMILES string of the molecule is O=P([O-])([O-])[O-].[Li+]. The van der Waals surface area contributed by atoms with Crippen molar-refractivity contribution in [2.45, 2.75) is 0 Å². The van der Waals surface area contributed by atoms with E-state index in [0.717, 1.165) is 0 Å². The molecule has 0 aromatic heterocycles. The maximum atomic E-state index is 8.55. The minimum absolute atomic E-state index is 0. The van der Waals surface area contributed by atoms with Gasteiger partial charge in [-0.15, -0.1) is 0 Å². The summed E-state index contributed by atoms with van der Waals surface area (Å²) in [4.78, 5) is 25.6. The van der Waals surface area contributed by atoms with Gasteiger partial charge >= 0.3 is 18.9 Å². The molecule has 0 saturated heterocycles. The Morgan fingerprint density at radius 2 is 1.17 bits per heavy atom. The average molecular weight is 102 g/mol.